The molecule has 0 bridgehead atoms. The summed E-state index contributed by atoms with van der Waals surface area (Å²) in [7, 11) is 0. The quantitative estimate of drug-likeness (QED) is 0.808. The molecule has 1 fully saturated rings. The van der Waals surface area contributed by atoms with Crippen molar-refractivity contribution in [2.75, 3.05) is 19.6 Å². The molecule has 2 N–H and O–H groups in total. The normalized spacial score (nSPS) is 16.9. The van der Waals surface area contributed by atoms with E-state index < -0.39 is 6.10 Å². The molecule has 1 unspecified atom stereocenters. The number of aliphatic hydroxyl groups is 1. The summed E-state index contributed by atoms with van der Waals surface area (Å²) in [6.07, 6.45) is 0.807. The van der Waals surface area contributed by atoms with E-state index >= 15 is 0 Å². The molecule has 23 heavy (non-hydrogen) atoms. The molecule has 6 heteroatoms. The molecule has 1 atom stereocenters. The maximum atomic E-state index is 12.1. The maximum absolute atomic E-state index is 12.1. The van der Waals surface area contributed by atoms with Crippen LogP contribution in [0.4, 0.5) is 0 Å². The number of benzene rings is 1. The fourth-order valence-electron chi connectivity index (χ4n) is 2.91. The molecule has 0 saturated carbocycles. The van der Waals surface area contributed by atoms with Gasteiger partial charge in [0.25, 0.3) is 0 Å². The van der Waals surface area contributed by atoms with Crippen molar-refractivity contribution in [1.29, 1.82) is 0 Å². The second-order valence-corrected chi connectivity index (χ2v) is 6.28. The van der Waals surface area contributed by atoms with E-state index in [4.69, 9.17) is 11.6 Å². The van der Waals surface area contributed by atoms with Gasteiger partial charge in [0.2, 0.25) is 11.8 Å². The summed E-state index contributed by atoms with van der Waals surface area (Å²) in [6, 6.07) is 7.20. The van der Waals surface area contributed by atoms with Gasteiger partial charge in [0.1, 0.15) is 6.42 Å². The Hall–Kier alpha value is -1.59. The van der Waals surface area contributed by atoms with Gasteiger partial charge >= 0.3 is 0 Å². The minimum Gasteiger partial charge on any atom is -0.388 e. The van der Waals surface area contributed by atoms with Crippen LogP contribution in [-0.4, -0.2) is 41.5 Å². The number of nitrogens with zero attached hydrogens (tertiary/aromatic N) is 1. The van der Waals surface area contributed by atoms with E-state index in [2.05, 4.69) is 5.32 Å². The minimum absolute atomic E-state index is 0.0990. The largest absolute Gasteiger partial charge is 0.388 e. The molecule has 0 aliphatic carbocycles. The summed E-state index contributed by atoms with van der Waals surface area (Å²) in [6.45, 7) is 3.51. The number of hydrogen-bond donors (Lipinski definition) is 2. The molecule has 1 aromatic carbocycles. The third kappa shape index (κ3) is 4.94. The molecule has 0 radical (unpaired) electrons. The summed E-state index contributed by atoms with van der Waals surface area (Å²) in [5.41, 5.74) is 0.849. The Kier molecular flexibility index (Phi) is 6.42. The molecule has 5 nitrogen and oxygen atoms in total. The number of carbonyl (C=O) groups is 2. The van der Waals surface area contributed by atoms with Crippen LogP contribution >= 0.6 is 11.6 Å². The van der Waals surface area contributed by atoms with Crippen molar-refractivity contribution in [2.45, 2.75) is 32.3 Å². The van der Waals surface area contributed by atoms with Gasteiger partial charge in [-0.05, 0) is 43.4 Å². The van der Waals surface area contributed by atoms with Crippen LogP contribution in [-0.2, 0) is 9.59 Å². The second kappa shape index (κ2) is 8.31. The zero-order valence-corrected chi connectivity index (χ0v) is 14.1. The number of hydrogen-bond acceptors (Lipinski definition) is 3. The van der Waals surface area contributed by atoms with Gasteiger partial charge < -0.3 is 15.3 Å². The van der Waals surface area contributed by atoms with Crippen molar-refractivity contribution >= 4 is 23.4 Å². The molecule has 1 saturated heterocycles. The molecule has 126 valence electrons. The molecule has 2 amide bonds. The zero-order valence-electron chi connectivity index (χ0n) is 13.3. The third-order valence-corrected chi connectivity index (χ3v) is 4.49. The highest BCUT2D eigenvalue weighted by molar-refractivity contribution is 6.30. The standard InChI is InChI=1S/C17H23ClN2O3/c1-2-19-15(21)11-16(22)20-9-7-13(8-10-20)17(23)12-3-5-14(18)6-4-12/h3-6,13,17,23H,2,7-11H2,1H3,(H,19,21). The highest BCUT2D eigenvalue weighted by atomic mass is 35.5. The van der Waals surface area contributed by atoms with Crippen LogP contribution < -0.4 is 5.32 Å². The zero-order chi connectivity index (χ0) is 16.8. The summed E-state index contributed by atoms with van der Waals surface area (Å²) in [5, 5.41) is 13.7. The predicted molar refractivity (Wildman–Crippen MR) is 89.0 cm³/mol. The van der Waals surface area contributed by atoms with E-state index in [0.717, 1.165) is 18.4 Å². The van der Waals surface area contributed by atoms with Crippen molar-refractivity contribution in [3.63, 3.8) is 0 Å². The molecule has 1 aliphatic heterocycles. The Bertz CT molecular complexity index is 539. The molecular weight excluding hydrogens is 316 g/mol. The first-order chi connectivity index (χ1) is 11.0. The number of carbonyl (C=O) groups excluding carboxylic acids is 2. The molecule has 1 aromatic rings. The molecule has 0 spiro atoms. The van der Waals surface area contributed by atoms with E-state index in [1.807, 2.05) is 19.1 Å². The van der Waals surface area contributed by atoms with E-state index in [-0.39, 0.29) is 24.2 Å². The second-order valence-electron chi connectivity index (χ2n) is 5.84. The van der Waals surface area contributed by atoms with Crippen LogP contribution in [0.1, 0.15) is 37.9 Å². The summed E-state index contributed by atoms with van der Waals surface area (Å²) in [4.78, 5) is 25.2. The fraction of sp³-hybridized carbons (Fsp3) is 0.529. The minimum atomic E-state index is -0.548. The topological polar surface area (TPSA) is 69.6 Å². The third-order valence-electron chi connectivity index (χ3n) is 4.24. The average Bonchev–Trinajstić information content (AvgIpc) is 2.55. The monoisotopic (exact) mass is 338 g/mol. The van der Waals surface area contributed by atoms with Crippen molar-refractivity contribution < 1.29 is 14.7 Å². The number of likely N-dealkylation sites (tertiary alicyclic amines) is 1. The van der Waals surface area contributed by atoms with E-state index in [9.17, 15) is 14.7 Å². The number of piperidine rings is 1. The van der Waals surface area contributed by atoms with Gasteiger partial charge in [-0.3, -0.25) is 9.59 Å². The number of aliphatic hydroxyl groups excluding tert-OH is 1. The van der Waals surface area contributed by atoms with Gasteiger partial charge in [0.15, 0.2) is 0 Å². The van der Waals surface area contributed by atoms with Crippen molar-refractivity contribution in [1.82, 2.24) is 10.2 Å². The summed E-state index contributed by atoms with van der Waals surface area (Å²) < 4.78 is 0. The number of amides is 2. The van der Waals surface area contributed by atoms with Gasteiger partial charge in [-0.15, -0.1) is 0 Å². The van der Waals surface area contributed by atoms with Crippen LogP contribution in [0, 0.1) is 5.92 Å². The van der Waals surface area contributed by atoms with E-state index in [1.165, 1.54) is 0 Å². The lowest BCUT2D eigenvalue weighted by Crippen LogP contribution is -2.41. The van der Waals surface area contributed by atoms with Crippen LogP contribution in [0.2, 0.25) is 5.02 Å². The Labute approximate surface area is 141 Å². The van der Waals surface area contributed by atoms with Crippen molar-refractivity contribution in [3.05, 3.63) is 34.9 Å². The number of halogens is 1. The smallest absolute Gasteiger partial charge is 0.232 e. The molecule has 0 aromatic heterocycles. The van der Waals surface area contributed by atoms with Gasteiger partial charge in [-0.25, -0.2) is 0 Å². The van der Waals surface area contributed by atoms with Gasteiger partial charge in [-0.1, -0.05) is 23.7 Å². The first kappa shape index (κ1) is 17.8. The average molecular weight is 339 g/mol. The highest BCUT2D eigenvalue weighted by Crippen LogP contribution is 2.31. The Morgan fingerprint density at radius 3 is 2.48 bits per heavy atom. The maximum Gasteiger partial charge on any atom is 0.232 e. The predicted octanol–water partition coefficient (Wildman–Crippen LogP) is 2.14. The first-order valence-electron chi connectivity index (χ1n) is 7.99. The number of nitrogens with one attached hydrogen (secondary N) is 1. The lowest BCUT2D eigenvalue weighted by atomic mass is 9.87. The van der Waals surface area contributed by atoms with E-state index in [0.29, 0.717) is 24.7 Å². The highest BCUT2D eigenvalue weighted by Gasteiger charge is 2.28. The SMILES string of the molecule is CCNC(=O)CC(=O)N1CCC(C(O)c2ccc(Cl)cc2)CC1. The van der Waals surface area contributed by atoms with Crippen LogP contribution in [0.25, 0.3) is 0 Å². The first-order valence-corrected chi connectivity index (χ1v) is 8.37. The molecule has 2 rings (SSSR count). The van der Waals surface area contributed by atoms with Crippen LogP contribution in [0.15, 0.2) is 24.3 Å². The van der Waals surface area contributed by atoms with Gasteiger partial charge in [0, 0.05) is 24.7 Å². The van der Waals surface area contributed by atoms with E-state index in [1.54, 1.807) is 17.0 Å². The summed E-state index contributed by atoms with van der Waals surface area (Å²) in [5.74, 6) is -0.263. The fourth-order valence-corrected chi connectivity index (χ4v) is 3.03. The van der Waals surface area contributed by atoms with Crippen LogP contribution in [0.5, 0.6) is 0 Å². The van der Waals surface area contributed by atoms with Gasteiger partial charge in [0.05, 0.1) is 6.10 Å². The number of rotatable bonds is 5. The van der Waals surface area contributed by atoms with Crippen molar-refractivity contribution in [3.8, 4) is 0 Å². The lowest BCUT2D eigenvalue weighted by molar-refractivity contribution is -0.137. The molecule has 1 aliphatic rings. The molecule has 1 heterocycles. The summed E-state index contributed by atoms with van der Waals surface area (Å²) >= 11 is 5.86. The van der Waals surface area contributed by atoms with Crippen molar-refractivity contribution in [2.24, 2.45) is 5.92 Å². The van der Waals surface area contributed by atoms with Crippen LogP contribution in [0.3, 0.4) is 0 Å². The Morgan fingerprint density at radius 2 is 1.91 bits per heavy atom. The molecular formula is C17H23ClN2O3. The van der Waals surface area contributed by atoms with Gasteiger partial charge in [-0.2, -0.15) is 0 Å². The lowest BCUT2D eigenvalue weighted by Gasteiger charge is -2.34. The Balaban J connectivity index is 1.84. The Morgan fingerprint density at radius 1 is 1.30 bits per heavy atom.